The van der Waals surface area contributed by atoms with E-state index in [9.17, 15) is 9.18 Å². The maximum Gasteiger partial charge on any atom is 0.277 e. The fraction of sp³-hybridized carbons (Fsp3) is 0.308. The number of thioether (sulfide) groups is 1. The maximum atomic E-state index is 13.0. The summed E-state index contributed by atoms with van der Waals surface area (Å²) in [6, 6.07) is 5.75. The summed E-state index contributed by atoms with van der Waals surface area (Å²) in [7, 11) is 0. The monoisotopic (exact) mass is 293 g/mol. The summed E-state index contributed by atoms with van der Waals surface area (Å²) in [5, 5.41) is 10.8. The average molecular weight is 293 g/mol. The molecule has 1 aliphatic carbocycles. The predicted molar refractivity (Wildman–Crippen MR) is 72.0 cm³/mol. The Hall–Kier alpha value is -1.89. The number of benzene rings is 1. The van der Waals surface area contributed by atoms with Gasteiger partial charge in [-0.2, -0.15) is 0 Å². The minimum Gasteiger partial charge on any atom is -0.416 e. The van der Waals surface area contributed by atoms with Crippen molar-refractivity contribution < 1.29 is 13.6 Å². The lowest BCUT2D eigenvalue weighted by molar-refractivity contribution is -0.113. The lowest BCUT2D eigenvalue weighted by Gasteiger charge is -2.03. The van der Waals surface area contributed by atoms with Crippen molar-refractivity contribution in [3.63, 3.8) is 0 Å². The van der Waals surface area contributed by atoms with Crippen molar-refractivity contribution in [3.8, 4) is 0 Å². The molecule has 1 fully saturated rings. The van der Waals surface area contributed by atoms with Gasteiger partial charge in [-0.3, -0.25) is 4.79 Å². The summed E-state index contributed by atoms with van der Waals surface area (Å²) in [6.45, 7) is 0. The summed E-state index contributed by atoms with van der Waals surface area (Å²) < 4.78 is 18.4. The number of hydrogen-bond donors (Lipinski definition) is 1. The molecule has 20 heavy (non-hydrogen) atoms. The molecule has 0 bridgehead atoms. The third kappa shape index (κ3) is 3.36. The SMILES string of the molecule is O=C(CSc1nnc(C2CC2)o1)Nc1cccc(F)c1. The van der Waals surface area contributed by atoms with Gasteiger partial charge in [-0.25, -0.2) is 4.39 Å². The Balaban J connectivity index is 1.51. The van der Waals surface area contributed by atoms with E-state index in [2.05, 4.69) is 15.5 Å². The van der Waals surface area contributed by atoms with Crippen LogP contribution in [0.5, 0.6) is 0 Å². The molecule has 1 aliphatic rings. The molecule has 1 amide bonds. The number of rotatable bonds is 5. The Morgan fingerprint density at radius 1 is 1.45 bits per heavy atom. The van der Waals surface area contributed by atoms with Crippen LogP contribution in [0.15, 0.2) is 33.9 Å². The molecule has 7 heteroatoms. The van der Waals surface area contributed by atoms with E-state index in [0.29, 0.717) is 22.7 Å². The third-order valence-electron chi connectivity index (χ3n) is 2.78. The summed E-state index contributed by atoms with van der Waals surface area (Å²) in [4.78, 5) is 11.7. The Morgan fingerprint density at radius 2 is 2.30 bits per heavy atom. The van der Waals surface area contributed by atoms with Gasteiger partial charge in [-0.15, -0.1) is 10.2 Å². The largest absolute Gasteiger partial charge is 0.416 e. The fourth-order valence-electron chi connectivity index (χ4n) is 1.66. The second-order valence-corrected chi connectivity index (χ2v) is 5.45. The van der Waals surface area contributed by atoms with Crippen LogP contribution in [0, 0.1) is 5.82 Å². The van der Waals surface area contributed by atoms with E-state index in [-0.39, 0.29) is 17.5 Å². The molecular formula is C13H12FN3O2S. The zero-order chi connectivity index (χ0) is 13.9. The molecule has 1 N–H and O–H groups in total. The van der Waals surface area contributed by atoms with Gasteiger partial charge >= 0.3 is 0 Å². The molecule has 0 spiro atoms. The summed E-state index contributed by atoms with van der Waals surface area (Å²) in [6.07, 6.45) is 2.18. The van der Waals surface area contributed by atoms with Crippen LogP contribution in [-0.4, -0.2) is 21.9 Å². The summed E-state index contributed by atoms with van der Waals surface area (Å²) in [5.74, 6) is 0.562. The molecule has 2 aromatic rings. The van der Waals surface area contributed by atoms with Crippen molar-refractivity contribution in [2.24, 2.45) is 0 Å². The maximum absolute atomic E-state index is 13.0. The molecule has 3 rings (SSSR count). The first-order chi connectivity index (χ1) is 9.70. The standard InChI is InChI=1S/C13H12FN3O2S/c14-9-2-1-3-10(6-9)15-11(18)7-20-13-17-16-12(19-13)8-4-5-8/h1-3,6,8H,4-5,7H2,(H,15,18). The molecule has 0 atom stereocenters. The van der Waals surface area contributed by atoms with Gasteiger partial charge in [0.05, 0.1) is 5.75 Å². The predicted octanol–water partition coefficient (Wildman–Crippen LogP) is 2.82. The third-order valence-corrected chi connectivity index (χ3v) is 3.60. The summed E-state index contributed by atoms with van der Waals surface area (Å²) >= 11 is 1.17. The first kappa shape index (κ1) is 13.1. The van der Waals surface area contributed by atoms with E-state index in [1.54, 1.807) is 6.07 Å². The molecular weight excluding hydrogens is 281 g/mol. The van der Waals surface area contributed by atoms with Crippen LogP contribution in [0.3, 0.4) is 0 Å². The molecule has 104 valence electrons. The number of hydrogen-bond acceptors (Lipinski definition) is 5. The van der Waals surface area contributed by atoms with Crippen LogP contribution in [0.25, 0.3) is 0 Å². The van der Waals surface area contributed by atoms with Gasteiger partial charge in [0.15, 0.2) is 0 Å². The van der Waals surface area contributed by atoms with Crippen LogP contribution in [0.2, 0.25) is 0 Å². The molecule has 0 radical (unpaired) electrons. The molecule has 1 saturated carbocycles. The van der Waals surface area contributed by atoms with Crippen LogP contribution in [0.1, 0.15) is 24.7 Å². The molecule has 0 saturated heterocycles. The zero-order valence-electron chi connectivity index (χ0n) is 10.5. The van der Waals surface area contributed by atoms with Crippen molar-refractivity contribution in [3.05, 3.63) is 36.0 Å². The summed E-state index contributed by atoms with van der Waals surface area (Å²) in [5.41, 5.74) is 0.430. The van der Waals surface area contributed by atoms with Crippen LogP contribution < -0.4 is 5.32 Å². The first-order valence-corrected chi connectivity index (χ1v) is 7.21. The number of nitrogens with zero attached hydrogens (tertiary/aromatic N) is 2. The van der Waals surface area contributed by atoms with Crippen molar-refractivity contribution in [2.75, 3.05) is 11.1 Å². The first-order valence-electron chi connectivity index (χ1n) is 6.22. The van der Waals surface area contributed by atoms with E-state index in [1.807, 2.05) is 0 Å². The highest BCUT2D eigenvalue weighted by Crippen LogP contribution is 2.39. The van der Waals surface area contributed by atoms with Crippen LogP contribution >= 0.6 is 11.8 Å². The van der Waals surface area contributed by atoms with Crippen molar-refractivity contribution >= 4 is 23.4 Å². The molecule has 1 aromatic heterocycles. The van der Waals surface area contributed by atoms with E-state index >= 15 is 0 Å². The molecule has 0 unspecified atom stereocenters. The highest BCUT2D eigenvalue weighted by atomic mass is 32.2. The lowest BCUT2D eigenvalue weighted by atomic mass is 10.3. The molecule has 5 nitrogen and oxygen atoms in total. The Bertz CT molecular complexity index is 628. The number of anilines is 1. The topological polar surface area (TPSA) is 68.0 Å². The molecule has 0 aliphatic heterocycles. The Kier molecular flexibility index (Phi) is 3.68. The lowest BCUT2D eigenvalue weighted by Crippen LogP contribution is -2.14. The number of aromatic nitrogens is 2. The molecule has 1 heterocycles. The Morgan fingerprint density at radius 3 is 3.05 bits per heavy atom. The van der Waals surface area contributed by atoms with E-state index in [0.717, 1.165) is 12.8 Å². The van der Waals surface area contributed by atoms with Crippen LogP contribution in [0.4, 0.5) is 10.1 Å². The number of carbonyl (C=O) groups is 1. The van der Waals surface area contributed by atoms with Gasteiger partial charge in [0.1, 0.15) is 5.82 Å². The zero-order valence-corrected chi connectivity index (χ0v) is 11.3. The normalized spacial score (nSPS) is 14.2. The molecule has 1 aromatic carbocycles. The van der Waals surface area contributed by atoms with Gasteiger partial charge in [-0.1, -0.05) is 17.8 Å². The quantitative estimate of drug-likeness (QED) is 0.859. The highest BCUT2D eigenvalue weighted by Gasteiger charge is 2.29. The van der Waals surface area contributed by atoms with Crippen LogP contribution in [-0.2, 0) is 4.79 Å². The van der Waals surface area contributed by atoms with E-state index in [4.69, 9.17) is 4.42 Å². The highest BCUT2D eigenvalue weighted by molar-refractivity contribution is 7.99. The number of halogens is 1. The second kappa shape index (κ2) is 5.62. The number of carbonyl (C=O) groups excluding carboxylic acids is 1. The van der Waals surface area contributed by atoms with Crippen molar-refractivity contribution in [2.45, 2.75) is 24.0 Å². The smallest absolute Gasteiger partial charge is 0.277 e. The van der Waals surface area contributed by atoms with Gasteiger partial charge < -0.3 is 9.73 Å². The van der Waals surface area contributed by atoms with E-state index < -0.39 is 0 Å². The number of nitrogens with one attached hydrogen (secondary N) is 1. The second-order valence-electron chi connectivity index (χ2n) is 4.53. The van der Waals surface area contributed by atoms with Gasteiger partial charge in [0, 0.05) is 11.6 Å². The fourth-order valence-corrected chi connectivity index (χ4v) is 2.23. The van der Waals surface area contributed by atoms with E-state index in [1.165, 1.54) is 30.0 Å². The minimum atomic E-state index is -0.388. The minimum absolute atomic E-state index is 0.142. The average Bonchev–Trinajstić information content (AvgIpc) is 3.16. The van der Waals surface area contributed by atoms with Crippen molar-refractivity contribution in [1.29, 1.82) is 0 Å². The van der Waals surface area contributed by atoms with Gasteiger partial charge in [-0.05, 0) is 31.0 Å². The van der Waals surface area contributed by atoms with Gasteiger partial charge in [0.2, 0.25) is 11.8 Å². The van der Waals surface area contributed by atoms with Gasteiger partial charge in [0.25, 0.3) is 5.22 Å². The van der Waals surface area contributed by atoms with Crippen molar-refractivity contribution in [1.82, 2.24) is 10.2 Å². The Labute approximate surface area is 119 Å². The number of amides is 1.